The molecule has 2 aromatic carbocycles. The van der Waals surface area contributed by atoms with Crippen molar-refractivity contribution in [1.29, 1.82) is 5.41 Å². The molecular formula is C28H33N5O4. The van der Waals surface area contributed by atoms with Gasteiger partial charge in [0.25, 0.3) is 5.91 Å². The lowest BCUT2D eigenvalue weighted by Crippen LogP contribution is -2.58. The highest BCUT2D eigenvalue weighted by Gasteiger charge is 2.44. The van der Waals surface area contributed by atoms with Gasteiger partial charge in [0.2, 0.25) is 0 Å². The second-order valence-corrected chi connectivity index (χ2v) is 10.0. The van der Waals surface area contributed by atoms with E-state index in [4.69, 9.17) is 14.9 Å². The fraction of sp³-hybridized carbons (Fsp3) is 0.393. The number of nitrogens with zero attached hydrogens (tertiary/aromatic N) is 2. The minimum absolute atomic E-state index is 0.0287. The van der Waals surface area contributed by atoms with Gasteiger partial charge in [-0.2, -0.15) is 0 Å². The van der Waals surface area contributed by atoms with Crippen molar-refractivity contribution in [3.8, 4) is 5.75 Å². The smallest absolute Gasteiger partial charge is 0.319 e. The van der Waals surface area contributed by atoms with Crippen molar-refractivity contribution in [1.82, 2.24) is 10.6 Å². The van der Waals surface area contributed by atoms with Gasteiger partial charge in [0.1, 0.15) is 18.4 Å². The number of carbonyl (C=O) groups is 2. The maximum absolute atomic E-state index is 13.2. The normalized spacial score (nSPS) is 20.8. The first-order chi connectivity index (χ1) is 18.0. The zero-order valence-electron chi connectivity index (χ0n) is 21.0. The molecule has 1 spiro atoms. The summed E-state index contributed by atoms with van der Waals surface area (Å²) < 4.78 is 11.5. The largest absolute Gasteiger partial charge is 0.489 e. The minimum Gasteiger partial charge on any atom is -0.489 e. The molecule has 0 unspecified atom stereocenters. The van der Waals surface area contributed by atoms with Crippen LogP contribution >= 0.6 is 0 Å². The average Bonchev–Trinajstić information content (AvgIpc) is 3.02. The van der Waals surface area contributed by atoms with Gasteiger partial charge in [-0.05, 0) is 42.2 Å². The predicted octanol–water partition coefficient (Wildman–Crippen LogP) is 3.10. The fourth-order valence-corrected chi connectivity index (χ4v) is 5.19. The Morgan fingerprint density at radius 2 is 1.92 bits per heavy atom. The average molecular weight is 504 g/mol. The summed E-state index contributed by atoms with van der Waals surface area (Å²) in [5.74, 6) is 0.357. The number of benzene rings is 2. The summed E-state index contributed by atoms with van der Waals surface area (Å²) in [6.07, 6.45) is 5.39. The first kappa shape index (κ1) is 24.8. The standard InChI is InChI=1S/C28H33N5O4/c1-32-24-14-22(33-18-28(19-33)9-11-36-12-10-28)7-8-25(24)37-17-23(26(32)34)31-27(35)30-16-21(15-29)13-20-5-3-2-4-6-20/h2-8,14-16,23,29H,9-13,17-19H2,1H3,(H2,30,31,35)/b21-16-,29-15?/t23-/m0/s1. The summed E-state index contributed by atoms with van der Waals surface area (Å²) in [6.45, 7) is 3.68. The van der Waals surface area contributed by atoms with Crippen molar-refractivity contribution in [3.05, 3.63) is 65.9 Å². The maximum Gasteiger partial charge on any atom is 0.319 e. The number of likely N-dealkylation sites (N-methyl/N-ethyl adjacent to an activating group) is 1. The number of urea groups is 1. The lowest BCUT2D eigenvalue weighted by atomic mass is 9.73. The zero-order chi connectivity index (χ0) is 25.8. The van der Waals surface area contributed by atoms with Crippen molar-refractivity contribution in [2.24, 2.45) is 5.41 Å². The Morgan fingerprint density at radius 1 is 1.16 bits per heavy atom. The van der Waals surface area contributed by atoms with E-state index >= 15 is 0 Å². The third-order valence-electron chi connectivity index (χ3n) is 7.44. The summed E-state index contributed by atoms with van der Waals surface area (Å²) in [6, 6.07) is 14.2. The number of hydrogen-bond donors (Lipinski definition) is 3. The van der Waals surface area contributed by atoms with Crippen LogP contribution in [0.1, 0.15) is 18.4 Å². The van der Waals surface area contributed by atoms with Crippen molar-refractivity contribution in [2.45, 2.75) is 25.3 Å². The van der Waals surface area contributed by atoms with Crippen LogP contribution in [0.3, 0.4) is 0 Å². The summed E-state index contributed by atoms with van der Waals surface area (Å²) in [5, 5.41) is 13.0. The van der Waals surface area contributed by atoms with Crippen LogP contribution < -0.4 is 25.2 Å². The van der Waals surface area contributed by atoms with Crippen molar-refractivity contribution < 1.29 is 19.1 Å². The number of nitrogens with one attached hydrogen (secondary N) is 3. The van der Waals surface area contributed by atoms with E-state index in [9.17, 15) is 9.59 Å². The SMILES string of the molecule is CN1C(=O)[C@@H](NC(=O)N/C=C(\C=N)Cc2ccccc2)COc2ccc(N3CC4(CCOCC4)C3)cc21. The van der Waals surface area contributed by atoms with Crippen LogP contribution in [0.5, 0.6) is 5.75 Å². The number of rotatable bonds is 6. The van der Waals surface area contributed by atoms with Crippen molar-refractivity contribution in [3.63, 3.8) is 0 Å². The van der Waals surface area contributed by atoms with Gasteiger partial charge in [0.05, 0.1) is 5.69 Å². The molecule has 0 aliphatic carbocycles. The molecule has 3 aliphatic heterocycles. The molecule has 0 aromatic heterocycles. The molecule has 3 N–H and O–H groups in total. The molecule has 3 aliphatic rings. The summed E-state index contributed by atoms with van der Waals surface area (Å²) in [7, 11) is 1.70. The third kappa shape index (κ3) is 5.46. The van der Waals surface area contributed by atoms with Crippen LogP contribution in [0.25, 0.3) is 0 Å². The van der Waals surface area contributed by atoms with Gasteiger partial charge >= 0.3 is 6.03 Å². The van der Waals surface area contributed by atoms with Gasteiger partial charge in [-0.25, -0.2) is 4.79 Å². The lowest BCUT2D eigenvalue weighted by molar-refractivity contribution is -0.120. The van der Waals surface area contributed by atoms with Crippen LogP contribution in [0, 0.1) is 10.8 Å². The highest BCUT2D eigenvalue weighted by molar-refractivity contribution is 6.01. The molecule has 0 radical (unpaired) electrons. The van der Waals surface area contributed by atoms with Crippen LogP contribution in [0.15, 0.2) is 60.3 Å². The molecule has 2 fully saturated rings. The molecule has 2 aromatic rings. The van der Waals surface area contributed by atoms with E-state index in [0.29, 0.717) is 28.8 Å². The first-order valence-corrected chi connectivity index (χ1v) is 12.6. The van der Waals surface area contributed by atoms with E-state index in [-0.39, 0.29) is 12.5 Å². The van der Waals surface area contributed by atoms with Gasteiger partial charge in [-0.3, -0.25) is 4.79 Å². The van der Waals surface area contributed by atoms with Crippen LogP contribution in [-0.2, 0) is 16.0 Å². The quantitative estimate of drug-likeness (QED) is 0.525. The van der Waals surface area contributed by atoms with Crippen LogP contribution in [0.2, 0.25) is 0 Å². The topological polar surface area (TPSA) is 107 Å². The maximum atomic E-state index is 13.2. The monoisotopic (exact) mass is 503 g/mol. The van der Waals surface area contributed by atoms with E-state index in [1.54, 1.807) is 11.9 Å². The summed E-state index contributed by atoms with van der Waals surface area (Å²) in [5.41, 5.74) is 3.76. The molecule has 5 rings (SSSR count). The molecule has 9 heteroatoms. The molecule has 2 saturated heterocycles. The fourth-order valence-electron chi connectivity index (χ4n) is 5.19. The van der Waals surface area contributed by atoms with Gasteiger partial charge in [0, 0.05) is 63.3 Å². The van der Waals surface area contributed by atoms with Crippen LogP contribution in [0.4, 0.5) is 16.2 Å². The predicted molar refractivity (Wildman–Crippen MR) is 143 cm³/mol. The molecule has 3 amide bonds. The molecule has 0 saturated carbocycles. The second kappa shape index (κ2) is 10.6. The highest BCUT2D eigenvalue weighted by atomic mass is 16.5. The number of ether oxygens (including phenoxy) is 2. The molecule has 37 heavy (non-hydrogen) atoms. The number of fused-ring (bicyclic) bond motifs is 1. The summed E-state index contributed by atoms with van der Waals surface area (Å²) >= 11 is 0. The van der Waals surface area contributed by atoms with Gasteiger partial charge in [0.15, 0.2) is 0 Å². The molecule has 9 nitrogen and oxygen atoms in total. The number of hydrogen-bond acceptors (Lipinski definition) is 6. The van der Waals surface area contributed by atoms with Gasteiger partial charge in [-0.15, -0.1) is 0 Å². The number of anilines is 2. The Balaban J connectivity index is 1.20. The lowest BCUT2D eigenvalue weighted by Gasteiger charge is -2.53. The van der Waals surface area contributed by atoms with E-state index in [2.05, 4.69) is 15.5 Å². The second-order valence-electron chi connectivity index (χ2n) is 10.0. The third-order valence-corrected chi connectivity index (χ3v) is 7.44. The van der Waals surface area contributed by atoms with E-state index in [0.717, 1.165) is 50.4 Å². The van der Waals surface area contributed by atoms with Crippen LogP contribution in [-0.4, -0.2) is 64.2 Å². The Kier molecular flexibility index (Phi) is 7.14. The first-order valence-electron chi connectivity index (χ1n) is 12.6. The summed E-state index contributed by atoms with van der Waals surface area (Å²) in [4.78, 5) is 29.7. The Bertz CT molecular complexity index is 1180. The Hall–Kier alpha value is -3.85. The van der Waals surface area contributed by atoms with E-state index in [1.807, 2.05) is 48.5 Å². The molecule has 194 valence electrons. The number of carbonyl (C=O) groups excluding carboxylic acids is 2. The molecule has 3 heterocycles. The Morgan fingerprint density at radius 3 is 2.65 bits per heavy atom. The Labute approximate surface area is 216 Å². The van der Waals surface area contributed by atoms with Gasteiger partial charge in [-0.1, -0.05) is 30.3 Å². The molecule has 1 atom stereocenters. The highest BCUT2D eigenvalue weighted by Crippen LogP contribution is 2.44. The number of allylic oxidation sites excluding steroid dienone is 1. The van der Waals surface area contributed by atoms with Crippen molar-refractivity contribution in [2.75, 3.05) is 49.8 Å². The van der Waals surface area contributed by atoms with E-state index in [1.165, 1.54) is 12.4 Å². The minimum atomic E-state index is -0.846. The molecule has 0 bridgehead atoms. The zero-order valence-corrected chi connectivity index (χ0v) is 21.0. The molecular weight excluding hydrogens is 470 g/mol. The van der Waals surface area contributed by atoms with E-state index < -0.39 is 12.1 Å². The van der Waals surface area contributed by atoms with Crippen molar-refractivity contribution >= 4 is 29.5 Å². The van der Waals surface area contributed by atoms with Gasteiger partial charge < -0.3 is 35.3 Å². The number of amides is 3.